The van der Waals surface area contributed by atoms with Crippen molar-refractivity contribution in [3.63, 3.8) is 0 Å². The van der Waals surface area contributed by atoms with Gasteiger partial charge in [0, 0.05) is 23.6 Å². The molecule has 0 aromatic heterocycles. The van der Waals surface area contributed by atoms with E-state index in [2.05, 4.69) is 24.4 Å². The van der Waals surface area contributed by atoms with Crippen LogP contribution in [0.1, 0.15) is 37.3 Å². The average Bonchev–Trinajstić information content (AvgIpc) is 2.88. The minimum absolute atomic E-state index is 0.0936. The fourth-order valence-corrected chi connectivity index (χ4v) is 6.26. The van der Waals surface area contributed by atoms with Gasteiger partial charge >= 0.3 is 0 Å². The van der Waals surface area contributed by atoms with Crippen LogP contribution in [0.25, 0.3) is 0 Å². The molecular formula is C19H25NO3. The van der Waals surface area contributed by atoms with Crippen LogP contribution in [0, 0.1) is 5.92 Å². The minimum atomic E-state index is 0.0936. The third-order valence-electron chi connectivity index (χ3n) is 7.04. The van der Waals surface area contributed by atoms with Gasteiger partial charge in [0.05, 0.1) is 13.2 Å². The van der Waals surface area contributed by atoms with E-state index >= 15 is 0 Å². The second-order valence-electron chi connectivity index (χ2n) is 7.88. The molecule has 2 bridgehead atoms. The molecule has 5 atom stereocenters. The maximum atomic E-state index is 6.57. The van der Waals surface area contributed by atoms with Gasteiger partial charge in [-0.15, -0.1) is 0 Å². The number of methoxy groups -OCH3 is 2. The smallest absolute Gasteiger partial charge is 0.165 e. The molecule has 2 fully saturated rings. The van der Waals surface area contributed by atoms with Gasteiger partial charge in [0.1, 0.15) is 6.10 Å². The average molecular weight is 315 g/mol. The molecule has 4 aliphatic rings. The highest BCUT2D eigenvalue weighted by atomic mass is 16.6. The van der Waals surface area contributed by atoms with Crippen LogP contribution in [0.5, 0.6) is 11.5 Å². The summed E-state index contributed by atoms with van der Waals surface area (Å²) in [5, 5.41) is 3.84. The summed E-state index contributed by atoms with van der Waals surface area (Å²) >= 11 is 0. The molecule has 0 radical (unpaired) electrons. The van der Waals surface area contributed by atoms with Gasteiger partial charge in [0.25, 0.3) is 0 Å². The van der Waals surface area contributed by atoms with Gasteiger partial charge in [-0.25, -0.2) is 0 Å². The van der Waals surface area contributed by atoms with Gasteiger partial charge < -0.3 is 19.5 Å². The van der Waals surface area contributed by atoms with Crippen molar-refractivity contribution in [2.24, 2.45) is 5.92 Å². The lowest BCUT2D eigenvalue weighted by atomic mass is 9.48. The van der Waals surface area contributed by atoms with Gasteiger partial charge in [-0.1, -0.05) is 6.07 Å². The van der Waals surface area contributed by atoms with E-state index < -0.39 is 0 Å². The van der Waals surface area contributed by atoms with Crippen molar-refractivity contribution in [2.45, 2.75) is 55.8 Å². The van der Waals surface area contributed by atoms with Gasteiger partial charge in [-0.2, -0.15) is 0 Å². The standard InChI is InChI=1S/C19H25NO3/c1-18-10-11-4-5-12(21-2)16-15(11)19(8-9-20-18)14(18)7-6-13(22-3)17(19)23-16/h4-5,13-14,17,20H,6-10H2,1-3H3/t13-,14-,17-,18+,19-/m0/s1. The van der Waals surface area contributed by atoms with E-state index in [4.69, 9.17) is 14.2 Å². The molecule has 2 aliphatic carbocycles. The van der Waals surface area contributed by atoms with Crippen molar-refractivity contribution in [2.75, 3.05) is 20.8 Å². The molecular weight excluding hydrogens is 290 g/mol. The first-order valence-electron chi connectivity index (χ1n) is 8.79. The van der Waals surface area contributed by atoms with Crippen molar-refractivity contribution in [1.29, 1.82) is 0 Å². The van der Waals surface area contributed by atoms with Crippen molar-refractivity contribution in [3.8, 4) is 11.5 Å². The summed E-state index contributed by atoms with van der Waals surface area (Å²) < 4.78 is 18.1. The predicted octanol–water partition coefficient (Wildman–Crippen LogP) is 2.43. The number of hydrogen-bond donors (Lipinski definition) is 1. The Labute approximate surface area is 137 Å². The molecule has 2 heterocycles. The van der Waals surface area contributed by atoms with Crippen LogP contribution in [-0.2, 0) is 16.6 Å². The Morgan fingerprint density at radius 3 is 2.91 bits per heavy atom. The molecule has 1 saturated heterocycles. The second-order valence-corrected chi connectivity index (χ2v) is 7.88. The lowest BCUT2D eigenvalue weighted by Crippen LogP contribution is -2.71. The number of ether oxygens (including phenoxy) is 3. The Balaban J connectivity index is 1.80. The van der Waals surface area contributed by atoms with Crippen molar-refractivity contribution >= 4 is 0 Å². The van der Waals surface area contributed by atoms with E-state index in [9.17, 15) is 0 Å². The summed E-state index contributed by atoms with van der Waals surface area (Å²) in [5.41, 5.74) is 3.14. The van der Waals surface area contributed by atoms with E-state index in [0.717, 1.165) is 37.3 Å². The fraction of sp³-hybridized carbons (Fsp3) is 0.684. The Morgan fingerprint density at radius 2 is 2.13 bits per heavy atom. The van der Waals surface area contributed by atoms with Crippen LogP contribution in [0.4, 0.5) is 0 Å². The molecule has 4 heteroatoms. The van der Waals surface area contributed by atoms with E-state index in [0.29, 0.717) is 5.92 Å². The lowest BCUT2D eigenvalue weighted by molar-refractivity contribution is -0.107. The molecule has 1 saturated carbocycles. The summed E-state index contributed by atoms with van der Waals surface area (Å²) in [6.45, 7) is 3.47. The molecule has 5 rings (SSSR count). The monoisotopic (exact) mass is 315 g/mol. The van der Waals surface area contributed by atoms with Crippen LogP contribution in [0.3, 0.4) is 0 Å². The van der Waals surface area contributed by atoms with Gasteiger partial charge in [-0.3, -0.25) is 0 Å². The Morgan fingerprint density at radius 1 is 1.26 bits per heavy atom. The quantitative estimate of drug-likeness (QED) is 0.910. The van der Waals surface area contributed by atoms with Gasteiger partial charge in [0.2, 0.25) is 0 Å². The molecule has 0 amide bonds. The Hall–Kier alpha value is -1.26. The molecule has 0 unspecified atom stereocenters. The molecule has 2 aliphatic heterocycles. The second kappa shape index (κ2) is 4.42. The van der Waals surface area contributed by atoms with E-state index in [1.807, 2.05) is 7.11 Å². The maximum Gasteiger partial charge on any atom is 0.165 e. The minimum Gasteiger partial charge on any atom is -0.493 e. The lowest BCUT2D eigenvalue weighted by Gasteiger charge is -2.61. The predicted molar refractivity (Wildman–Crippen MR) is 87.3 cm³/mol. The SMILES string of the molecule is COc1ccc2c3c1O[C@H]1[C@@H](OC)CC[C@@H]4[C@@]31CCN[C@]4(C)C2. The topological polar surface area (TPSA) is 39.7 Å². The largest absolute Gasteiger partial charge is 0.493 e. The molecule has 1 N–H and O–H groups in total. The van der Waals surface area contributed by atoms with Crippen molar-refractivity contribution in [3.05, 3.63) is 23.3 Å². The van der Waals surface area contributed by atoms with Crippen molar-refractivity contribution < 1.29 is 14.2 Å². The van der Waals surface area contributed by atoms with Crippen LogP contribution in [0.2, 0.25) is 0 Å². The van der Waals surface area contributed by atoms with Crippen LogP contribution < -0.4 is 14.8 Å². The summed E-state index contributed by atoms with van der Waals surface area (Å²) in [6, 6.07) is 4.33. The van der Waals surface area contributed by atoms with Crippen molar-refractivity contribution in [1.82, 2.24) is 5.32 Å². The zero-order valence-corrected chi connectivity index (χ0v) is 14.1. The number of rotatable bonds is 2. The molecule has 1 aromatic carbocycles. The number of benzene rings is 1. The molecule has 1 aromatic rings. The fourth-order valence-electron chi connectivity index (χ4n) is 6.26. The zero-order chi connectivity index (χ0) is 15.8. The van der Waals surface area contributed by atoms with Crippen LogP contribution in [0.15, 0.2) is 12.1 Å². The normalized spacial score (nSPS) is 42.8. The summed E-state index contributed by atoms with van der Waals surface area (Å²) in [4.78, 5) is 0. The number of nitrogens with one attached hydrogen (secondary N) is 1. The number of hydrogen-bond acceptors (Lipinski definition) is 4. The highest BCUT2D eigenvalue weighted by Crippen LogP contribution is 2.65. The number of piperidine rings is 1. The van der Waals surface area contributed by atoms with Gasteiger partial charge in [0.15, 0.2) is 11.5 Å². The highest BCUT2D eigenvalue weighted by molar-refractivity contribution is 5.61. The Bertz CT molecular complexity index is 675. The van der Waals surface area contributed by atoms with E-state index in [1.54, 1.807) is 7.11 Å². The van der Waals surface area contributed by atoms with E-state index in [-0.39, 0.29) is 23.2 Å². The highest BCUT2D eigenvalue weighted by Gasteiger charge is 2.67. The molecule has 124 valence electrons. The summed E-state index contributed by atoms with van der Waals surface area (Å²) in [5.74, 6) is 2.48. The summed E-state index contributed by atoms with van der Waals surface area (Å²) in [6.07, 6.45) is 4.80. The zero-order valence-electron chi connectivity index (χ0n) is 14.1. The Kier molecular flexibility index (Phi) is 2.71. The first-order valence-corrected chi connectivity index (χ1v) is 8.79. The molecule has 4 nitrogen and oxygen atoms in total. The maximum absolute atomic E-state index is 6.57. The first-order chi connectivity index (χ1) is 11.1. The third kappa shape index (κ3) is 1.50. The summed E-state index contributed by atoms with van der Waals surface area (Å²) in [7, 11) is 3.57. The van der Waals surface area contributed by atoms with Crippen LogP contribution in [-0.4, -0.2) is 38.5 Å². The molecule has 23 heavy (non-hydrogen) atoms. The third-order valence-corrected chi connectivity index (χ3v) is 7.04. The first kappa shape index (κ1) is 14.1. The van der Waals surface area contributed by atoms with E-state index in [1.165, 1.54) is 17.5 Å². The van der Waals surface area contributed by atoms with Crippen LogP contribution >= 0.6 is 0 Å². The van der Waals surface area contributed by atoms with Gasteiger partial charge in [-0.05, 0) is 56.7 Å². The molecule has 1 spiro atoms.